The van der Waals surface area contributed by atoms with Crippen molar-refractivity contribution in [2.24, 2.45) is 5.92 Å². The normalized spacial score (nSPS) is 21.3. The summed E-state index contributed by atoms with van der Waals surface area (Å²) in [7, 11) is 0. The van der Waals surface area contributed by atoms with Crippen LogP contribution in [0, 0.1) is 5.92 Å². The molecule has 0 radical (unpaired) electrons. The van der Waals surface area contributed by atoms with Gasteiger partial charge in [0, 0.05) is 41.2 Å². The minimum atomic E-state index is -0.573. The van der Waals surface area contributed by atoms with Crippen molar-refractivity contribution in [2.45, 2.75) is 32.1 Å². The van der Waals surface area contributed by atoms with E-state index in [1.807, 2.05) is 43.3 Å². The lowest BCUT2D eigenvalue weighted by Gasteiger charge is -2.38. The molecule has 6 nitrogen and oxygen atoms in total. The van der Waals surface area contributed by atoms with Gasteiger partial charge in [-0.05, 0) is 30.5 Å². The van der Waals surface area contributed by atoms with E-state index in [2.05, 4.69) is 5.32 Å². The number of halogens is 1. The summed E-state index contributed by atoms with van der Waals surface area (Å²) in [6.07, 6.45) is 3.73. The maximum absolute atomic E-state index is 13.4. The second kappa shape index (κ2) is 8.94. The van der Waals surface area contributed by atoms with Crippen LogP contribution in [0.5, 0.6) is 11.5 Å². The molecule has 2 aliphatic heterocycles. The summed E-state index contributed by atoms with van der Waals surface area (Å²) in [6, 6.07) is 13.3. The van der Waals surface area contributed by atoms with Crippen molar-refractivity contribution < 1.29 is 23.8 Å². The average Bonchev–Trinajstić information content (AvgIpc) is 3.25. The summed E-state index contributed by atoms with van der Waals surface area (Å²) in [5, 5.41) is 3.70. The van der Waals surface area contributed by atoms with E-state index in [4.69, 9.17) is 25.8 Å². The Morgan fingerprint density at radius 2 is 1.91 bits per heavy atom. The fourth-order valence-corrected chi connectivity index (χ4v) is 5.05. The van der Waals surface area contributed by atoms with Gasteiger partial charge in [-0.25, -0.2) is 4.79 Å². The van der Waals surface area contributed by atoms with Crippen LogP contribution in [-0.4, -0.2) is 25.2 Å². The number of Topliss-reactive ketones (excluding diaryl/α,β-unsaturated/α-hetero) is 1. The highest BCUT2D eigenvalue weighted by molar-refractivity contribution is 6.31. The van der Waals surface area contributed by atoms with Crippen molar-refractivity contribution >= 4 is 23.4 Å². The first kappa shape index (κ1) is 21.6. The second-order valence-corrected chi connectivity index (χ2v) is 8.79. The molecule has 2 aromatic rings. The Balaban J connectivity index is 1.50. The number of carbonyl (C=O) groups is 2. The van der Waals surface area contributed by atoms with Crippen LogP contribution < -0.4 is 14.8 Å². The molecule has 7 heteroatoms. The molecule has 2 aromatic carbocycles. The van der Waals surface area contributed by atoms with Crippen molar-refractivity contribution in [3.8, 4) is 11.5 Å². The highest BCUT2D eigenvalue weighted by atomic mass is 35.5. The largest absolute Gasteiger partial charge is 0.462 e. The maximum atomic E-state index is 13.4. The fraction of sp³-hybridized carbons (Fsp3) is 0.308. The van der Waals surface area contributed by atoms with Gasteiger partial charge in [-0.2, -0.15) is 0 Å². The van der Waals surface area contributed by atoms with Crippen LogP contribution in [0.1, 0.15) is 36.8 Å². The second-order valence-electron chi connectivity index (χ2n) is 8.38. The third kappa shape index (κ3) is 4.11. The molecule has 0 fully saturated rings. The van der Waals surface area contributed by atoms with Gasteiger partial charge in [-0.3, -0.25) is 4.79 Å². The lowest BCUT2D eigenvalue weighted by Crippen LogP contribution is -2.41. The highest BCUT2D eigenvalue weighted by Crippen LogP contribution is 2.48. The van der Waals surface area contributed by atoms with Crippen molar-refractivity contribution in [3.05, 3.63) is 81.7 Å². The van der Waals surface area contributed by atoms with Gasteiger partial charge in [0.25, 0.3) is 0 Å². The van der Waals surface area contributed by atoms with Crippen molar-refractivity contribution in [1.29, 1.82) is 0 Å². The fourth-order valence-electron chi connectivity index (χ4n) is 4.77. The number of carbonyl (C=O) groups excluding carboxylic acids is 2. The zero-order valence-corrected chi connectivity index (χ0v) is 19.0. The quantitative estimate of drug-likeness (QED) is 0.646. The van der Waals surface area contributed by atoms with Crippen LogP contribution in [0.3, 0.4) is 0 Å². The summed E-state index contributed by atoms with van der Waals surface area (Å²) < 4.78 is 16.7. The SMILES string of the molecule is CC1=C(C(=O)OCCc2ccccc2)C(c2cc3c(cc2Cl)OCO3)C2C(=O)CCC=C2N1. The summed E-state index contributed by atoms with van der Waals surface area (Å²) in [4.78, 5) is 26.4. The number of ketones is 1. The van der Waals surface area contributed by atoms with Gasteiger partial charge in [0.2, 0.25) is 6.79 Å². The van der Waals surface area contributed by atoms with Gasteiger partial charge in [-0.1, -0.05) is 48.0 Å². The van der Waals surface area contributed by atoms with Gasteiger partial charge < -0.3 is 19.5 Å². The Morgan fingerprint density at radius 1 is 1.15 bits per heavy atom. The Hall–Kier alpha value is -3.25. The van der Waals surface area contributed by atoms with Crippen LogP contribution in [0.2, 0.25) is 5.02 Å². The molecule has 2 heterocycles. The van der Waals surface area contributed by atoms with E-state index in [1.54, 1.807) is 12.1 Å². The van der Waals surface area contributed by atoms with E-state index in [9.17, 15) is 9.59 Å². The van der Waals surface area contributed by atoms with Crippen molar-refractivity contribution in [1.82, 2.24) is 5.32 Å². The molecule has 1 N–H and O–H groups in total. The van der Waals surface area contributed by atoms with Crippen molar-refractivity contribution in [2.75, 3.05) is 13.4 Å². The minimum Gasteiger partial charge on any atom is -0.462 e. The number of benzene rings is 2. The Bertz CT molecular complexity index is 1170. The number of hydrogen-bond donors (Lipinski definition) is 1. The maximum Gasteiger partial charge on any atom is 0.336 e. The first-order chi connectivity index (χ1) is 16.0. The summed E-state index contributed by atoms with van der Waals surface area (Å²) in [6.45, 7) is 2.18. The summed E-state index contributed by atoms with van der Waals surface area (Å²) in [5.74, 6) is -0.381. The molecule has 0 spiro atoms. The van der Waals surface area contributed by atoms with Gasteiger partial charge in [-0.15, -0.1) is 0 Å². The number of fused-ring (bicyclic) bond motifs is 2. The summed E-state index contributed by atoms with van der Waals surface area (Å²) >= 11 is 6.66. The Labute approximate surface area is 197 Å². The van der Waals surface area contributed by atoms with E-state index >= 15 is 0 Å². The third-order valence-electron chi connectivity index (χ3n) is 6.33. The van der Waals surface area contributed by atoms with Crippen LogP contribution in [-0.2, 0) is 20.7 Å². The van der Waals surface area contributed by atoms with E-state index in [-0.39, 0.29) is 19.2 Å². The minimum absolute atomic E-state index is 0.0702. The van der Waals surface area contributed by atoms with Gasteiger partial charge >= 0.3 is 5.97 Å². The predicted molar refractivity (Wildman–Crippen MR) is 123 cm³/mol. The molecule has 0 aromatic heterocycles. The van der Waals surface area contributed by atoms with E-state index in [0.717, 1.165) is 11.3 Å². The molecule has 33 heavy (non-hydrogen) atoms. The molecule has 2 atom stereocenters. The zero-order chi connectivity index (χ0) is 22.9. The van der Waals surface area contributed by atoms with Crippen LogP contribution in [0.15, 0.2) is 65.5 Å². The molecule has 0 amide bonds. The molecule has 0 saturated carbocycles. The standard InChI is InChI=1S/C26H24ClNO5/c1-15-23(26(30)31-11-10-16-6-3-2-4-7-16)24(25-19(28-15)8-5-9-20(25)29)17-12-21-22(13-18(17)27)33-14-32-21/h2-4,6-8,12-13,24-25,28H,5,9-11,14H2,1H3. The van der Waals surface area contributed by atoms with Gasteiger partial charge in [0.1, 0.15) is 5.78 Å². The predicted octanol–water partition coefficient (Wildman–Crippen LogP) is 4.68. The van der Waals surface area contributed by atoms with Crippen LogP contribution in [0.4, 0.5) is 0 Å². The Morgan fingerprint density at radius 3 is 2.70 bits per heavy atom. The van der Waals surface area contributed by atoms with Gasteiger partial charge in [0.05, 0.1) is 18.1 Å². The first-order valence-electron chi connectivity index (χ1n) is 11.0. The molecule has 5 rings (SSSR count). The highest BCUT2D eigenvalue weighted by Gasteiger charge is 2.44. The number of ether oxygens (including phenoxy) is 3. The lowest BCUT2D eigenvalue weighted by molar-refractivity contribution is -0.139. The lowest BCUT2D eigenvalue weighted by atomic mass is 9.71. The van der Waals surface area contributed by atoms with Crippen LogP contribution >= 0.6 is 11.6 Å². The molecular formula is C26H24ClNO5. The monoisotopic (exact) mass is 465 g/mol. The number of esters is 1. The Kier molecular flexibility index (Phi) is 5.85. The average molecular weight is 466 g/mol. The molecule has 3 aliphatic rings. The van der Waals surface area contributed by atoms with E-state index in [0.29, 0.717) is 52.6 Å². The number of rotatable bonds is 5. The molecule has 170 valence electrons. The van der Waals surface area contributed by atoms with Crippen molar-refractivity contribution in [3.63, 3.8) is 0 Å². The van der Waals surface area contributed by atoms with Gasteiger partial charge in [0.15, 0.2) is 11.5 Å². The zero-order valence-electron chi connectivity index (χ0n) is 18.2. The summed E-state index contributed by atoms with van der Waals surface area (Å²) in [5.41, 5.74) is 3.63. The smallest absolute Gasteiger partial charge is 0.336 e. The molecular weight excluding hydrogens is 442 g/mol. The molecule has 2 unspecified atom stereocenters. The van der Waals surface area contributed by atoms with E-state index < -0.39 is 17.8 Å². The molecule has 0 saturated heterocycles. The topological polar surface area (TPSA) is 73.9 Å². The van der Waals surface area contributed by atoms with E-state index in [1.165, 1.54) is 0 Å². The molecule has 0 bridgehead atoms. The number of allylic oxidation sites excluding steroid dienone is 3. The number of hydrogen-bond acceptors (Lipinski definition) is 6. The van der Waals surface area contributed by atoms with Crippen LogP contribution in [0.25, 0.3) is 0 Å². The number of nitrogens with one attached hydrogen (secondary N) is 1. The first-order valence-corrected chi connectivity index (χ1v) is 11.4. The third-order valence-corrected chi connectivity index (χ3v) is 6.66. The molecule has 1 aliphatic carbocycles.